The molecule has 0 spiro atoms. The summed E-state index contributed by atoms with van der Waals surface area (Å²) in [6, 6.07) is 9.91. The third-order valence-electron chi connectivity index (χ3n) is 3.68. The van der Waals surface area contributed by atoms with Crippen LogP contribution in [0.5, 0.6) is 0 Å². The first-order chi connectivity index (χ1) is 11.7. The SMILES string of the molecule is O=C(COC(=O)Cc1ccsc1)NCCc1c[nH]c2ccccc12. The summed E-state index contributed by atoms with van der Waals surface area (Å²) in [4.78, 5) is 26.6. The van der Waals surface area contributed by atoms with Gasteiger partial charge in [0.15, 0.2) is 6.61 Å². The second kappa shape index (κ2) is 7.79. The molecular weight excluding hydrogens is 324 g/mol. The van der Waals surface area contributed by atoms with Crippen LogP contribution in [-0.4, -0.2) is 30.0 Å². The number of ether oxygens (including phenoxy) is 1. The molecule has 0 atom stereocenters. The number of aromatic nitrogens is 1. The third kappa shape index (κ3) is 4.23. The number of H-pyrrole nitrogens is 1. The lowest BCUT2D eigenvalue weighted by Gasteiger charge is -2.06. The van der Waals surface area contributed by atoms with Gasteiger partial charge in [0.05, 0.1) is 6.42 Å². The molecular formula is C18H18N2O3S. The molecule has 2 N–H and O–H groups in total. The van der Waals surface area contributed by atoms with Crippen LogP contribution in [0.1, 0.15) is 11.1 Å². The van der Waals surface area contributed by atoms with Gasteiger partial charge in [-0.25, -0.2) is 0 Å². The van der Waals surface area contributed by atoms with E-state index >= 15 is 0 Å². The maximum atomic E-state index is 11.7. The molecule has 0 unspecified atom stereocenters. The van der Waals surface area contributed by atoms with Gasteiger partial charge < -0.3 is 15.0 Å². The Bertz CT molecular complexity index is 824. The van der Waals surface area contributed by atoms with Crippen LogP contribution in [0, 0.1) is 0 Å². The fourth-order valence-corrected chi connectivity index (χ4v) is 3.15. The van der Waals surface area contributed by atoms with Crippen LogP contribution >= 0.6 is 11.3 Å². The molecule has 0 aliphatic heterocycles. The highest BCUT2D eigenvalue weighted by Crippen LogP contribution is 2.17. The van der Waals surface area contributed by atoms with Gasteiger partial charge in [0, 0.05) is 23.6 Å². The van der Waals surface area contributed by atoms with Crippen LogP contribution in [0.2, 0.25) is 0 Å². The number of hydrogen-bond acceptors (Lipinski definition) is 4. The number of para-hydroxylation sites is 1. The van der Waals surface area contributed by atoms with Crippen molar-refractivity contribution in [2.75, 3.05) is 13.2 Å². The summed E-state index contributed by atoms with van der Waals surface area (Å²) in [5.41, 5.74) is 3.14. The topological polar surface area (TPSA) is 71.2 Å². The Morgan fingerprint density at radius 2 is 2.08 bits per heavy atom. The van der Waals surface area contributed by atoms with E-state index < -0.39 is 0 Å². The summed E-state index contributed by atoms with van der Waals surface area (Å²) in [5, 5.41) is 7.73. The van der Waals surface area contributed by atoms with Crippen molar-refractivity contribution in [3.05, 3.63) is 58.4 Å². The van der Waals surface area contributed by atoms with E-state index in [1.165, 1.54) is 11.3 Å². The van der Waals surface area contributed by atoms with Gasteiger partial charge in [-0.2, -0.15) is 11.3 Å². The number of benzene rings is 1. The molecule has 1 aromatic carbocycles. The quantitative estimate of drug-likeness (QED) is 0.649. The molecule has 0 saturated carbocycles. The predicted molar refractivity (Wildman–Crippen MR) is 94.0 cm³/mol. The molecule has 0 bridgehead atoms. The highest BCUT2D eigenvalue weighted by molar-refractivity contribution is 7.07. The van der Waals surface area contributed by atoms with Crippen molar-refractivity contribution in [3.63, 3.8) is 0 Å². The molecule has 2 heterocycles. The van der Waals surface area contributed by atoms with E-state index in [2.05, 4.69) is 16.4 Å². The second-order valence-electron chi connectivity index (χ2n) is 5.43. The van der Waals surface area contributed by atoms with Gasteiger partial charge in [-0.05, 0) is 40.4 Å². The molecule has 0 aliphatic rings. The van der Waals surface area contributed by atoms with Gasteiger partial charge in [0.25, 0.3) is 5.91 Å². The number of amides is 1. The Labute approximate surface area is 143 Å². The van der Waals surface area contributed by atoms with Crippen LogP contribution in [0.4, 0.5) is 0 Å². The van der Waals surface area contributed by atoms with Gasteiger partial charge in [-0.1, -0.05) is 18.2 Å². The van der Waals surface area contributed by atoms with Gasteiger partial charge in [-0.3, -0.25) is 9.59 Å². The van der Waals surface area contributed by atoms with Gasteiger partial charge >= 0.3 is 5.97 Å². The predicted octanol–water partition coefficient (Wildman–Crippen LogP) is 2.67. The van der Waals surface area contributed by atoms with Crippen molar-refractivity contribution in [2.24, 2.45) is 0 Å². The number of carbonyl (C=O) groups is 2. The summed E-state index contributed by atoms with van der Waals surface area (Å²) in [6.07, 6.45) is 2.88. The first kappa shape index (κ1) is 16.3. The van der Waals surface area contributed by atoms with Crippen LogP contribution in [0.25, 0.3) is 10.9 Å². The molecule has 0 aliphatic carbocycles. The molecule has 5 nitrogen and oxygen atoms in total. The van der Waals surface area contributed by atoms with Crippen molar-refractivity contribution in [3.8, 4) is 0 Å². The van der Waals surface area contributed by atoms with Gasteiger partial charge in [-0.15, -0.1) is 0 Å². The van der Waals surface area contributed by atoms with Crippen LogP contribution < -0.4 is 5.32 Å². The maximum absolute atomic E-state index is 11.7. The average molecular weight is 342 g/mol. The molecule has 124 valence electrons. The molecule has 2 aromatic heterocycles. The minimum Gasteiger partial charge on any atom is -0.455 e. The molecule has 3 aromatic rings. The fraction of sp³-hybridized carbons (Fsp3) is 0.222. The number of aromatic amines is 1. The standard InChI is InChI=1S/C18H18N2O3S/c21-17(11-23-18(22)9-13-6-8-24-12-13)19-7-5-14-10-20-16-4-2-1-3-15(14)16/h1-4,6,8,10,12,20H,5,7,9,11H2,(H,19,21). The zero-order valence-corrected chi connectivity index (χ0v) is 13.9. The monoisotopic (exact) mass is 342 g/mol. The normalized spacial score (nSPS) is 10.7. The lowest BCUT2D eigenvalue weighted by Crippen LogP contribution is -2.30. The minimum atomic E-state index is -0.389. The van der Waals surface area contributed by atoms with Crippen LogP contribution in [0.3, 0.4) is 0 Å². The van der Waals surface area contributed by atoms with E-state index in [0.717, 1.165) is 28.5 Å². The van der Waals surface area contributed by atoms with E-state index in [1.807, 2.05) is 41.2 Å². The molecule has 6 heteroatoms. The van der Waals surface area contributed by atoms with Gasteiger partial charge in [0.2, 0.25) is 0 Å². The number of fused-ring (bicyclic) bond motifs is 1. The van der Waals surface area contributed by atoms with Crippen molar-refractivity contribution in [1.29, 1.82) is 0 Å². The zero-order valence-electron chi connectivity index (χ0n) is 13.1. The lowest BCUT2D eigenvalue weighted by molar-refractivity contribution is -0.147. The largest absolute Gasteiger partial charge is 0.455 e. The smallest absolute Gasteiger partial charge is 0.310 e. The maximum Gasteiger partial charge on any atom is 0.310 e. The Hall–Kier alpha value is -2.60. The zero-order chi connectivity index (χ0) is 16.8. The third-order valence-corrected chi connectivity index (χ3v) is 4.42. The van der Waals surface area contributed by atoms with E-state index in [0.29, 0.717) is 6.54 Å². The Kier molecular flexibility index (Phi) is 5.28. The second-order valence-corrected chi connectivity index (χ2v) is 6.21. The van der Waals surface area contributed by atoms with Crippen LogP contribution in [-0.2, 0) is 27.2 Å². The van der Waals surface area contributed by atoms with Crippen LogP contribution in [0.15, 0.2) is 47.3 Å². The first-order valence-corrected chi connectivity index (χ1v) is 8.65. The average Bonchev–Trinajstić information content (AvgIpc) is 3.23. The summed E-state index contributed by atoms with van der Waals surface area (Å²) in [7, 11) is 0. The Balaban J connectivity index is 1.39. The van der Waals surface area contributed by atoms with Crippen molar-refractivity contribution < 1.29 is 14.3 Å². The lowest BCUT2D eigenvalue weighted by atomic mass is 10.1. The molecule has 1 amide bonds. The van der Waals surface area contributed by atoms with Crippen molar-refractivity contribution in [1.82, 2.24) is 10.3 Å². The summed E-state index contributed by atoms with van der Waals surface area (Å²) < 4.78 is 4.98. The van der Waals surface area contributed by atoms with Crippen molar-refractivity contribution in [2.45, 2.75) is 12.8 Å². The summed E-state index contributed by atoms with van der Waals surface area (Å²) >= 11 is 1.53. The number of esters is 1. The number of nitrogens with one attached hydrogen (secondary N) is 2. The molecule has 3 rings (SSSR count). The molecule has 0 fully saturated rings. The highest BCUT2D eigenvalue weighted by Gasteiger charge is 2.09. The van der Waals surface area contributed by atoms with E-state index in [1.54, 1.807) is 0 Å². The molecule has 24 heavy (non-hydrogen) atoms. The van der Waals surface area contributed by atoms with E-state index in [9.17, 15) is 9.59 Å². The number of rotatable bonds is 7. The molecule has 0 radical (unpaired) electrons. The number of thiophene rings is 1. The summed E-state index contributed by atoms with van der Waals surface area (Å²) in [5.74, 6) is -0.673. The number of hydrogen-bond donors (Lipinski definition) is 2. The number of carbonyl (C=O) groups excluding carboxylic acids is 2. The Morgan fingerprint density at radius 1 is 1.21 bits per heavy atom. The van der Waals surface area contributed by atoms with Gasteiger partial charge in [0.1, 0.15) is 0 Å². The van der Waals surface area contributed by atoms with E-state index in [4.69, 9.17) is 4.74 Å². The minimum absolute atomic E-state index is 0.201. The van der Waals surface area contributed by atoms with Crippen molar-refractivity contribution >= 4 is 34.1 Å². The summed E-state index contributed by atoms with van der Waals surface area (Å²) in [6.45, 7) is 0.264. The molecule has 0 saturated heterocycles. The highest BCUT2D eigenvalue weighted by atomic mass is 32.1. The Morgan fingerprint density at radius 3 is 2.92 bits per heavy atom. The first-order valence-electron chi connectivity index (χ1n) is 7.71. The van der Waals surface area contributed by atoms with E-state index in [-0.39, 0.29) is 24.9 Å². The fourth-order valence-electron chi connectivity index (χ4n) is 2.48.